The summed E-state index contributed by atoms with van der Waals surface area (Å²) in [6, 6.07) is 6.56. The Morgan fingerprint density at radius 2 is 1.78 bits per heavy atom. The quantitative estimate of drug-likeness (QED) is 0.552. The molecule has 0 unspecified atom stereocenters. The van der Waals surface area contributed by atoms with Crippen LogP contribution in [0.25, 0.3) is 0 Å². The first-order valence-corrected chi connectivity index (χ1v) is 7.45. The summed E-state index contributed by atoms with van der Waals surface area (Å²) in [6.45, 7) is 1.49. The van der Waals surface area contributed by atoms with Crippen molar-refractivity contribution in [1.29, 1.82) is 0 Å². The van der Waals surface area contributed by atoms with Crippen molar-refractivity contribution in [3.05, 3.63) is 24.3 Å². The van der Waals surface area contributed by atoms with Gasteiger partial charge >= 0.3 is 0 Å². The Morgan fingerprint density at radius 3 is 2.44 bits per heavy atom. The number of nitrogens with two attached hydrogens (primary N) is 1. The molecule has 1 fully saturated rings. The average Bonchev–Trinajstić information content (AvgIpc) is 2.39. The zero-order valence-corrected chi connectivity index (χ0v) is 10.9. The van der Waals surface area contributed by atoms with E-state index in [2.05, 4.69) is 10.3 Å². The van der Waals surface area contributed by atoms with E-state index in [-0.39, 0.29) is 4.90 Å². The summed E-state index contributed by atoms with van der Waals surface area (Å²) in [5.41, 5.74) is 2.79. The lowest BCUT2D eigenvalue weighted by Gasteiger charge is -2.26. The fourth-order valence-electron chi connectivity index (χ4n) is 2.02. The molecule has 1 saturated heterocycles. The minimum absolute atomic E-state index is 0.165. The van der Waals surface area contributed by atoms with E-state index in [1.807, 2.05) is 0 Å². The van der Waals surface area contributed by atoms with Crippen molar-refractivity contribution in [3.8, 4) is 0 Å². The van der Waals surface area contributed by atoms with Crippen molar-refractivity contribution in [2.24, 2.45) is 5.84 Å². The van der Waals surface area contributed by atoms with Gasteiger partial charge in [-0.1, -0.05) is 18.6 Å². The van der Waals surface area contributed by atoms with E-state index in [1.54, 1.807) is 23.2 Å². The number of sulfonamides is 1. The van der Waals surface area contributed by atoms with Gasteiger partial charge in [0.05, 0.1) is 5.69 Å². The molecule has 2 rings (SSSR count). The second kappa shape index (κ2) is 5.66. The molecular weight excluding hydrogens is 252 g/mol. The van der Waals surface area contributed by atoms with E-state index in [9.17, 15) is 8.42 Å². The van der Waals surface area contributed by atoms with Crippen molar-refractivity contribution in [2.45, 2.75) is 24.2 Å². The number of hydrogen-bond acceptors (Lipinski definition) is 5. The van der Waals surface area contributed by atoms with Crippen LogP contribution < -0.4 is 16.1 Å². The molecule has 0 saturated carbocycles. The van der Waals surface area contributed by atoms with Gasteiger partial charge in [-0.05, 0) is 25.0 Å². The Labute approximate surface area is 107 Å². The highest BCUT2D eigenvalue weighted by molar-refractivity contribution is 7.89. The minimum Gasteiger partial charge on any atom is -0.323 e. The van der Waals surface area contributed by atoms with Crippen molar-refractivity contribution in [2.75, 3.05) is 18.5 Å². The van der Waals surface area contributed by atoms with E-state index in [0.717, 1.165) is 32.4 Å². The van der Waals surface area contributed by atoms with Crippen molar-refractivity contribution in [1.82, 2.24) is 9.84 Å². The summed E-state index contributed by atoms with van der Waals surface area (Å²) in [4.78, 5) is 2.76. The van der Waals surface area contributed by atoms with E-state index in [0.29, 0.717) is 5.69 Å². The van der Waals surface area contributed by atoms with E-state index < -0.39 is 10.0 Å². The summed E-state index contributed by atoms with van der Waals surface area (Å²) in [5, 5.41) is 1.74. The SMILES string of the molecule is NNc1ccccc1S(=O)(=O)NN1CCCCC1. The highest BCUT2D eigenvalue weighted by Crippen LogP contribution is 2.20. The number of rotatable bonds is 4. The Bertz CT molecular complexity index is 498. The molecule has 100 valence electrons. The van der Waals surface area contributed by atoms with Gasteiger partial charge in [-0.15, -0.1) is 4.83 Å². The summed E-state index contributed by atoms with van der Waals surface area (Å²) in [7, 11) is -3.57. The summed E-state index contributed by atoms with van der Waals surface area (Å²) in [5.74, 6) is 5.32. The maximum atomic E-state index is 12.2. The lowest BCUT2D eigenvalue weighted by Crippen LogP contribution is -2.45. The van der Waals surface area contributed by atoms with E-state index >= 15 is 0 Å². The average molecular weight is 270 g/mol. The summed E-state index contributed by atoms with van der Waals surface area (Å²) in [6.07, 6.45) is 3.18. The number of piperidine rings is 1. The van der Waals surface area contributed by atoms with Crippen molar-refractivity contribution in [3.63, 3.8) is 0 Å². The molecule has 0 atom stereocenters. The molecule has 6 nitrogen and oxygen atoms in total. The molecule has 0 aromatic heterocycles. The Kier molecular flexibility index (Phi) is 4.18. The molecule has 1 aliphatic heterocycles. The molecule has 0 spiro atoms. The van der Waals surface area contributed by atoms with Gasteiger partial charge in [-0.3, -0.25) is 5.84 Å². The number of nitrogen functional groups attached to an aromatic ring is 1. The predicted octanol–water partition coefficient (Wildman–Crippen LogP) is 0.651. The Morgan fingerprint density at radius 1 is 1.11 bits per heavy atom. The summed E-state index contributed by atoms with van der Waals surface area (Å²) >= 11 is 0. The second-order valence-corrected chi connectivity index (χ2v) is 5.91. The number of nitrogens with one attached hydrogen (secondary N) is 2. The third kappa shape index (κ3) is 2.99. The first-order valence-electron chi connectivity index (χ1n) is 5.96. The van der Waals surface area contributed by atoms with Crippen LogP contribution in [-0.2, 0) is 10.0 Å². The van der Waals surface area contributed by atoms with Gasteiger partial charge in [0.1, 0.15) is 4.90 Å². The fourth-order valence-corrected chi connectivity index (χ4v) is 3.32. The third-order valence-corrected chi connectivity index (χ3v) is 4.37. The Balaban J connectivity index is 2.19. The van der Waals surface area contributed by atoms with Crippen LogP contribution in [0, 0.1) is 0 Å². The van der Waals surface area contributed by atoms with Gasteiger partial charge in [-0.25, -0.2) is 13.4 Å². The molecule has 1 aromatic carbocycles. The van der Waals surface area contributed by atoms with Gasteiger partial charge in [0.15, 0.2) is 0 Å². The molecule has 0 bridgehead atoms. The first kappa shape index (κ1) is 13.3. The molecule has 0 radical (unpaired) electrons. The van der Waals surface area contributed by atoms with Crippen LogP contribution in [0.2, 0.25) is 0 Å². The lowest BCUT2D eigenvalue weighted by molar-refractivity contribution is 0.200. The third-order valence-electron chi connectivity index (χ3n) is 2.94. The summed E-state index contributed by atoms with van der Waals surface area (Å²) < 4.78 is 24.5. The van der Waals surface area contributed by atoms with Crippen LogP contribution in [0.1, 0.15) is 19.3 Å². The number of hydrogen-bond donors (Lipinski definition) is 3. The molecule has 18 heavy (non-hydrogen) atoms. The van der Waals surface area contributed by atoms with Crippen LogP contribution in [0.3, 0.4) is 0 Å². The molecule has 4 N–H and O–H groups in total. The molecule has 1 heterocycles. The molecule has 0 amide bonds. The maximum absolute atomic E-state index is 12.2. The number of para-hydroxylation sites is 1. The Hall–Kier alpha value is -1.15. The molecule has 1 aromatic rings. The minimum atomic E-state index is -3.57. The molecule has 1 aliphatic rings. The molecular formula is C11H18N4O2S. The van der Waals surface area contributed by atoms with Gasteiger partial charge in [0.25, 0.3) is 10.0 Å². The number of anilines is 1. The van der Waals surface area contributed by atoms with Crippen LogP contribution in [0.4, 0.5) is 5.69 Å². The monoisotopic (exact) mass is 270 g/mol. The molecule has 0 aliphatic carbocycles. The van der Waals surface area contributed by atoms with E-state index in [1.165, 1.54) is 6.07 Å². The maximum Gasteiger partial charge on any atom is 0.255 e. The zero-order chi connectivity index (χ0) is 13.0. The van der Waals surface area contributed by atoms with Gasteiger partial charge in [-0.2, -0.15) is 0 Å². The van der Waals surface area contributed by atoms with Gasteiger partial charge in [0.2, 0.25) is 0 Å². The topological polar surface area (TPSA) is 87.5 Å². The lowest BCUT2D eigenvalue weighted by atomic mass is 10.2. The number of nitrogens with zero attached hydrogens (tertiary/aromatic N) is 1. The second-order valence-electron chi connectivity index (χ2n) is 4.28. The molecule has 7 heteroatoms. The van der Waals surface area contributed by atoms with Crippen molar-refractivity contribution >= 4 is 15.7 Å². The largest absolute Gasteiger partial charge is 0.323 e. The first-order chi connectivity index (χ1) is 8.63. The highest BCUT2D eigenvalue weighted by atomic mass is 32.2. The van der Waals surface area contributed by atoms with E-state index in [4.69, 9.17) is 5.84 Å². The zero-order valence-electron chi connectivity index (χ0n) is 10.1. The van der Waals surface area contributed by atoms with Crippen LogP contribution in [0.5, 0.6) is 0 Å². The highest BCUT2D eigenvalue weighted by Gasteiger charge is 2.22. The smallest absolute Gasteiger partial charge is 0.255 e. The standard InChI is InChI=1S/C11H18N4O2S/c12-13-10-6-2-3-7-11(10)18(16,17)14-15-8-4-1-5-9-15/h2-3,6-7,13-14H,1,4-5,8-9,12H2. The predicted molar refractivity (Wildman–Crippen MR) is 70.0 cm³/mol. The normalized spacial score (nSPS) is 17.6. The number of hydrazine groups is 2. The fraction of sp³-hybridized carbons (Fsp3) is 0.455. The van der Waals surface area contributed by atoms with Crippen molar-refractivity contribution < 1.29 is 8.42 Å². The number of benzene rings is 1. The van der Waals surface area contributed by atoms with Gasteiger partial charge < -0.3 is 5.43 Å². The van der Waals surface area contributed by atoms with Crippen LogP contribution in [0.15, 0.2) is 29.2 Å². The van der Waals surface area contributed by atoms with Crippen LogP contribution in [-0.4, -0.2) is 26.5 Å². The van der Waals surface area contributed by atoms with Crippen LogP contribution >= 0.6 is 0 Å². The van der Waals surface area contributed by atoms with Gasteiger partial charge in [0, 0.05) is 13.1 Å².